The van der Waals surface area contributed by atoms with E-state index in [9.17, 15) is 19.7 Å². The van der Waals surface area contributed by atoms with E-state index in [2.05, 4.69) is 10.3 Å². The Hall–Kier alpha value is -5.57. The van der Waals surface area contributed by atoms with Gasteiger partial charge in [-0.15, -0.1) is 0 Å². The van der Waals surface area contributed by atoms with Gasteiger partial charge in [0, 0.05) is 22.9 Å². The molecule has 39 heavy (non-hydrogen) atoms. The molecule has 1 aliphatic rings. The summed E-state index contributed by atoms with van der Waals surface area (Å²) in [5.74, 6) is 0.301. The van der Waals surface area contributed by atoms with Crippen LogP contribution in [0.25, 0.3) is 6.08 Å². The number of rotatable bonds is 7. The third-order valence-corrected chi connectivity index (χ3v) is 6.05. The summed E-state index contributed by atoms with van der Waals surface area (Å²) in [6, 6.07) is 28.9. The molecular formula is C30H22N4O5. The van der Waals surface area contributed by atoms with Crippen molar-refractivity contribution < 1.29 is 19.2 Å². The number of ether oxygens (including phenoxy) is 1. The number of amidine groups is 1. The predicted molar refractivity (Wildman–Crippen MR) is 149 cm³/mol. The van der Waals surface area contributed by atoms with Crippen LogP contribution in [0.5, 0.6) is 5.75 Å². The zero-order valence-electron chi connectivity index (χ0n) is 20.8. The normalized spacial score (nSPS) is 13.8. The second-order valence-electron chi connectivity index (χ2n) is 8.52. The number of benzene rings is 4. The molecule has 0 saturated carbocycles. The number of amides is 2. The number of nitrogens with one attached hydrogen (secondary N) is 1. The first kappa shape index (κ1) is 25.1. The maximum atomic E-state index is 13.6. The van der Waals surface area contributed by atoms with E-state index in [1.807, 2.05) is 30.3 Å². The third kappa shape index (κ3) is 5.28. The van der Waals surface area contributed by atoms with Gasteiger partial charge in [0.1, 0.15) is 17.3 Å². The number of hydrogen-bond acceptors (Lipinski definition) is 6. The molecule has 192 valence electrons. The summed E-state index contributed by atoms with van der Waals surface area (Å²) in [6.07, 6.45) is 1.42. The Kier molecular flexibility index (Phi) is 6.96. The SMILES string of the molecule is COc1ccc(NC(=O)c2ccc(N3C(=O)C(=Cc4ccccc4[N+](=O)[O-])N=C3c3ccccc3)cc2)cc1. The first-order valence-corrected chi connectivity index (χ1v) is 11.9. The molecule has 9 nitrogen and oxygen atoms in total. The molecule has 0 spiro atoms. The van der Waals surface area contributed by atoms with Crippen molar-refractivity contribution >= 4 is 40.8 Å². The molecule has 1 aliphatic heterocycles. The van der Waals surface area contributed by atoms with Crippen molar-refractivity contribution in [1.82, 2.24) is 0 Å². The first-order valence-electron chi connectivity index (χ1n) is 11.9. The zero-order valence-corrected chi connectivity index (χ0v) is 20.8. The lowest BCUT2D eigenvalue weighted by Crippen LogP contribution is -2.32. The second kappa shape index (κ2) is 10.8. The molecule has 9 heteroatoms. The molecule has 1 heterocycles. The van der Waals surface area contributed by atoms with Crippen molar-refractivity contribution in [3.8, 4) is 5.75 Å². The van der Waals surface area contributed by atoms with Gasteiger partial charge in [0.05, 0.1) is 23.3 Å². The lowest BCUT2D eigenvalue weighted by molar-refractivity contribution is -0.385. The number of aliphatic imine (C=N–C) groups is 1. The molecule has 4 aromatic carbocycles. The topological polar surface area (TPSA) is 114 Å². The highest BCUT2D eigenvalue weighted by molar-refractivity contribution is 6.33. The molecule has 0 saturated heterocycles. The molecule has 0 fully saturated rings. The minimum Gasteiger partial charge on any atom is -0.497 e. The number of carbonyl (C=O) groups is 2. The van der Waals surface area contributed by atoms with Crippen molar-refractivity contribution in [3.63, 3.8) is 0 Å². The van der Waals surface area contributed by atoms with Crippen molar-refractivity contribution in [2.75, 3.05) is 17.3 Å². The molecular weight excluding hydrogens is 496 g/mol. The van der Waals surface area contributed by atoms with E-state index in [1.165, 1.54) is 17.0 Å². The van der Waals surface area contributed by atoms with Gasteiger partial charge in [-0.05, 0) is 60.7 Å². The van der Waals surface area contributed by atoms with Crippen molar-refractivity contribution in [3.05, 3.63) is 136 Å². The Morgan fingerprint density at radius 2 is 1.59 bits per heavy atom. The van der Waals surface area contributed by atoms with Crippen LogP contribution in [0.15, 0.2) is 114 Å². The Bertz CT molecular complexity index is 1610. The van der Waals surface area contributed by atoms with Crippen LogP contribution in [0.4, 0.5) is 17.1 Å². The van der Waals surface area contributed by atoms with E-state index < -0.39 is 10.8 Å². The monoisotopic (exact) mass is 518 g/mol. The second-order valence-corrected chi connectivity index (χ2v) is 8.52. The molecule has 0 bridgehead atoms. The van der Waals surface area contributed by atoms with Gasteiger partial charge in [-0.3, -0.25) is 24.6 Å². The number of nitrogens with zero attached hydrogens (tertiary/aromatic N) is 3. The number of nitro groups is 1. The van der Waals surface area contributed by atoms with Crippen LogP contribution in [0, 0.1) is 10.1 Å². The van der Waals surface area contributed by atoms with Gasteiger partial charge >= 0.3 is 0 Å². The molecule has 4 aromatic rings. The van der Waals surface area contributed by atoms with Gasteiger partial charge in [0.25, 0.3) is 17.5 Å². The number of nitro benzene ring substituents is 1. The smallest absolute Gasteiger partial charge is 0.282 e. The summed E-state index contributed by atoms with van der Waals surface area (Å²) < 4.78 is 5.14. The largest absolute Gasteiger partial charge is 0.497 e. The number of hydrogen-bond donors (Lipinski definition) is 1. The van der Waals surface area contributed by atoms with Crippen LogP contribution < -0.4 is 15.0 Å². The zero-order chi connectivity index (χ0) is 27.4. The molecule has 1 N–H and O–H groups in total. The maximum Gasteiger partial charge on any atom is 0.282 e. The minimum atomic E-state index is -0.499. The quantitative estimate of drug-likeness (QED) is 0.192. The van der Waals surface area contributed by atoms with Crippen LogP contribution in [0.2, 0.25) is 0 Å². The summed E-state index contributed by atoms with van der Waals surface area (Å²) in [5.41, 5.74) is 2.41. The summed E-state index contributed by atoms with van der Waals surface area (Å²) in [7, 11) is 1.57. The number of carbonyl (C=O) groups excluding carboxylic acids is 2. The number of anilines is 2. The van der Waals surface area contributed by atoms with Crippen LogP contribution in [-0.4, -0.2) is 29.7 Å². The van der Waals surface area contributed by atoms with E-state index >= 15 is 0 Å². The van der Waals surface area contributed by atoms with Crippen molar-refractivity contribution in [1.29, 1.82) is 0 Å². The van der Waals surface area contributed by atoms with Gasteiger partial charge in [0.2, 0.25) is 0 Å². The fourth-order valence-electron chi connectivity index (χ4n) is 4.10. The number of methoxy groups -OCH3 is 1. The van der Waals surface area contributed by atoms with Crippen LogP contribution >= 0.6 is 0 Å². The predicted octanol–water partition coefficient (Wildman–Crippen LogP) is 5.69. The van der Waals surface area contributed by atoms with E-state index in [-0.39, 0.29) is 22.9 Å². The lowest BCUT2D eigenvalue weighted by Gasteiger charge is -2.19. The van der Waals surface area contributed by atoms with Gasteiger partial charge in [0.15, 0.2) is 0 Å². The molecule has 5 rings (SSSR count). The molecule has 0 aromatic heterocycles. The first-order chi connectivity index (χ1) is 18.9. The van der Waals surface area contributed by atoms with E-state index in [1.54, 1.807) is 73.8 Å². The van der Waals surface area contributed by atoms with E-state index in [0.717, 1.165) is 0 Å². The molecule has 0 aliphatic carbocycles. The van der Waals surface area contributed by atoms with Crippen molar-refractivity contribution in [2.24, 2.45) is 4.99 Å². The van der Waals surface area contributed by atoms with Gasteiger partial charge in [-0.25, -0.2) is 4.99 Å². The molecule has 0 unspecified atom stereocenters. The third-order valence-electron chi connectivity index (χ3n) is 6.05. The summed E-state index contributed by atoms with van der Waals surface area (Å²) >= 11 is 0. The minimum absolute atomic E-state index is 0.0597. The lowest BCUT2D eigenvalue weighted by atomic mass is 10.1. The average Bonchev–Trinajstić information content (AvgIpc) is 3.29. The van der Waals surface area contributed by atoms with Gasteiger partial charge < -0.3 is 10.1 Å². The average molecular weight is 519 g/mol. The molecule has 2 amide bonds. The highest BCUT2D eigenvalue weighted by Crippen LogP contribution is 2.30. The van der Waals surface area contributed by atoms with Crippen LogP contribution in [-0.2, 0) is 4.79 Å². The Balaban J connectivity index is 1.46. The Morgan fingerprint density at radius 1 is 0.923 bits per heavy atom. The highest BCUT2D eigenvalue weighted by Gasteiger charge is 2.33. The number of para-hydroxylation sites is 1. The molecule has 0 radical (unpaired) electrons. The van der Waals surface area contributed by atoms with Gasteiger partial charge in [-0.2, -0.15) is 0 Å². The van der Waals surface area contributed by atoms with Crippen molar-refractivity contribution in [2.45, 2.75) is 0 Å². The fourth-order valence-corrected chi connectivity index (χ4v) is 4.10. The van der Waals surface area contributed by atoms with Gasteiger partial charge in [-0.1, -0.05) is 42.5 Å². The summed E-state index contributed by atoms with van der Waals surface area (Å²) in [4.78, 5) is 43.3. The van der Waals surface area contributed by atoms with Crippen LogP contribution in [0.1, 0.15) is 21.5 Å². The maximum absolute atomic E-state index is 13.6. The Morgan fingerprint density at radius 3 is 2.26 bits per heavy atom. The highest BCUT2D eigenvalue weighted by atomic mass is 16.6. The summed E-state index contributed by atoms with van der Waals surface area (Å²) in [5, 5.41) is 14.3. The van der Waals surface area contributed by atoms with Crippen LogP contribution in [0.3, 0.4) is 0 Å². The fraction of sp³-hybridized carbons (Fsp3) is 0.0333. The standard InChI is InChI=1S/C30H22N4O5/c1-39-25-17-13-23(14-18-25)31-29(35)21-11-15-24(16-12-21)33-28(20-7-3-2-4-8-20)32-26(30(33)36)19-22-9-5-6-10-27(22)34(37)38/h2-19H,1H3,(H,31,35). The van der Waals surface area contributed by atoms with E-state index in [4.69, 9.17) is 4.74 Å². The van der Waals surface area contributed by atoms with E-state index in [0.29, 0.717) is 34.1 Å². The summed E-state index contributed by atoms with van der Waals surface area (Å²) in [6.45, 7) is 0. The molecule has 0 atom stereocenters. The Labute approximate surface area is 223 Å².